The Morgan fingerprint density at radius 2 is 1.95 bits per heavy atom. The monoisotopic (exact) mass is 287 g/mol. The van der Waals surface area contributed by atoms with E-state index in [2.05, 4.69) is 5.10 Å². The molecule has 0 aromatic carbocycles. The van der Waals surface area contributed by atoms with E-state index in [0.717, 1.165) is 31.7 Å². The second kappa shape index (κ2) is 4.79. The van der Waals surface area contributed by atoms with Crippen molar-refractivity contribution in [2.75, 3.05) is 13.1 Å². The van der Waals surface area contributed by atoms with Gasteiger partial charge in [0.2, 0.25) is 5.91 Å². The minimum absolute atomic E-state index is 0.0814. The maximum atomic E-state index is 12.7. The van der Waals surface area contributed by atoms with Gasteiger partial charge in [0.1, 0.15) is 6.54 Å². The third-order valence-corrected chi connectivity index (χ3v) is 3.84. The van der Waals surface area contributed by atoms with Gasteiger partial charge in [0, 0.05) is 24.7 Å². The third-order valence-electron chi connectivity index (χ3n) is 3.84. The Bertz CT molecular complexity index is 513. The van der Waals surface area contributed by atoms with Gasteiger partial charge < -0.3 is 4.90 Å². The summed E-state index contributed by atoms with van der Waals surface area (Å²) in [5.41, 5.74) is -0.349. The number of carbonyl (C=O) groups excluding carboxylic acids is 1. The predicted octanol–water partition coefficient (Wildman–Crippen LogP) is 2.40. The molecule has 110 valence electrons. The van der Waals surface area contributed by atoms with Gasteiger partial charge in [-0.15, -0.1) is 0 Å². The van der Waals surface area contributed by atoms with E-state index in [1.165, 1.54) is 4.68 Å². The molecular weight excluding hydrogens is 271 g/mol. The molecule has 0 unspecified atom stereocenters. The zero-order valence-electron chi connectivity index (χ0n) is 11.0. The minimum Gasteiger partial charge on any atom is -0.341 e. The molecule has 2 aliphatic rings. The number of aromatic nitrogens is 2. The van der Waals surface area contributed by atoms with Crippen LogP contribution in [0.25, 0.3) is 0 Å². The standard InChI is InChI=1S/C13H16F3N3O/c14-13(15,16)11-7-10(9-3-4-9)19(17-11)8-12(20)18-5-1-2-6-18/h7,9H,1-6,8H2. The molecule has 0 radical (unpaired) electrons. The maximum absolute atomic E-state index is 12.7. The molecule has 1 saturated carbocycles. The van der Waals surface area contributed by atoms with Crippen molar-refractivity contribution in [2.45, 2.75) is 44.3 Å². The first kappa shape index (κ1) is 13.5. The highest BCUT2D eigenvalue weighted by molar-refractivity contribution is 5.76. The molecule has 4 nitrogen and oxygen atoms in total. The third kappa shape index (κ3) is 2.66. The van der Waals surface area contributed by atoms with Crippen LogP contribution in [0.4, 0.5) is 13.2 Å². The smallest absolute Gasteiger partial charge is 0.341 e. The molecule has 0 bridgehead atoms. The molecule has 1 aromatic rings. The van der Waals surface area contributed by atoms with Crippen LogP contribution in [-0.4, -0.2) is 33.7 Å². The Hall–Kier alpha value is -1.53. The minimum atomic E-state index is -4.45. The summed E-state index contributed by atoms with van der Waals surface area (Å²) in [6, 6.07) is 1.09. The lowest BCUT2D eigenvalue weighted by Gasteiger charge is -2.16. The van der Waals surface area contributed by atoms with Crippen LogP contribution in [0.1, 0.15) is 43.0 Å². The summed E-state index contributed by atoms with van der Waals surface area (Å²) < 4.78 is 39.4. The second-order valence-electron chi connectivity index (χ2n) is 5.47. The highest BCUT2D eigenvalue weighted by atomic mass is 19.4. The molecule has 3 rings (SSSR count). The molecule has 1 aliphatic heterocycles. The molecular formula is C13H16F3N3O. The van der Waals surface area contributed by atoms with Gasteiger partial charge in [-0.3, -0.25) is 9.48 Å². The lowest BCUT2D eigenvalue weighted by Crippen LogP contribution is -2.31. The average molecular weight is 287 g/mol. The zero-order chi connectivity index (χ0) is 14.3. The molecule has 0 atom stereocenters. The van der Waals surface area contributed by atoms with Crippen molar-refractivity contribution in [3.63, 3.8) is 0 Å². The first-order chi connectivity index (χ1) is 9.45. The van der Waals surface area contributed by atoms with Crippen molar-refractivity contribution in [2.24, 2.45) is 0 Å². The number of amides is 1. The van der Waals surface area contributed by atoms with E-state index in [9.17, 15) is 18.0 Å². The summed E-state index contributed by atoms with van der Waals surface area (Å²) in [6.45, 7) is 1.32. The van der Waals surface area contributed by atoms with E-state index in [1.807, 2.05) is 0 Å². The summed E-state index contributed by atoms with van der Waals surface area (Å²) in [5, 5.41) is 3.60. The quantitative estimate of drug-likeness (QED) is 0.856. The number of halogens is 3. The Labute approximate surface area is 114 Å². The van der Waals surface area contributed by atoms with Gasteiger partial charge in [-0.05, 0) is 31.7 Å². The van der Waals surface area contributed by atoms with Crippen LogP contribution in [0.2, 0.25) is 0 Å². The topological polar surface area (TPSA) is 38.1 Å². The van der Waals surface area contributed by atoms with Crippen molar-refractivity contribution in [1.29, 1.82) is 0 Å². The highest BCUT2D eigenvalue weighted by Crippen LogP contribution is 2.42. The fraction of sp³-hybridized carbons (Fsp3) is 0.692. The van der Waals surface area contributed by atoms with E-state index in [-0.39, 0.29) is 18.4 Å². The molecule has 2 fully saturated rings. The van der Waals surface area contributed by atoms with Crippen molar-refractivity contribution in [3.8, 4) is 0 Å². The molecule has 1 aromatic heterocycles. The number of rotatable bonds is 3. The van der Waals surface area contributed by atoms with Crippen LogP contribution in [-0.2, 0) is 17.5 Å². The fourth-order valence-electron chi connectivity index (χ4n) is 2.60. The van der Waals surface area contributed by atoms with Crippen LogP contribution >= 0.6 is 0 Å². The predicted molar refractivity (Wildman–Crippen MR) is 65.0 cm³/mol. The summed E-state index contributed by atoms with van der Waals surface area (Å²) in [7, 11) is 0. The number of hydrogen-bond donors (Lipinski definition) is 0. The number of likely N-dealkylation sites (tertiary alicyclic amines) is 1. The van der Waals surface area contributed by atoms with Crippen LogP contribution < -0.4 is 0 Å². The number of carbonyl (C=O) groups is 1. The van der Waals surface area contributed by atoms with Crippen LogP contribution in [0, 0.1) is 0 Å². The molecule has 1 saturated heterocycles. The van der Waals surface area contributed by atoms with Crippen molar-refractivity contribution >= 4 is 5.91 Å². The Morgan fingerprint density at radius 3 is 2.50 bits per heavy atom. The normalized spacial score (nSPS) is 19.6. The average Bonchev–Trinajstić information content (AvgIpc) is 2.92. The molecule has 7 heteroatoms. The Morgan fingerprint density at radius 1 is 1.30 bits per heavy atom. The number of hydrogen-bond acceptors (Lipinski definition) is 2. The fourth-order valence-corrected chi connectivity index (χ4v) is 2.60. The molecule has 0 spiro atoms. The molecule has 1 amide bonds. The van der Waals surface area contributed by atoms with Gasteiger partial charge in [0.05, 0.1) is 0 Å². The van der Waals surface area contributed by atoms with Gasteiger partial charge in [-0.25, -0.2) is 0 Å². The lowest BCUT2D eigenvalue weighted by molar-refractivity contribution is -0.142. The van der Waals surface area contributed by atoms with E-state index >= 15 is 0 Å². The van der Waals surface area contributed by atoms with Crippen LogP contribution in [0.15, 0.2) is 6.07 Å². The molecule has 2 heterocycles. The summed E-state index contributed by atoms with van der Waals surface area (Å²) in [6.07, 6.45) is -0.768. The van der Waals surface area contributed by atoms with Gasteiger partial charge in [0.15, 0.2) is 5.69 Å². The maximum Gasteiger partial charge on any atom is 0.435 e. The molecule has 1 aliphatic carbocycles. The zero-order valence-corrected chi connectivity index (χ0v) is 11.0. The van der Waals surface area contributed by atoms with Gasteiger partial charge >= 0.3 is 6.18 Å². The van der Waals surface area contributed by atoms with Gasteiger partial charge in [-0.1, -0.05) is 0 Å². The van der Waals surface area contributed by atoms with E-state index in [4.69, 9.17) is 0 Å². The first-order valence-electron chi connectivity index (χ1n) is 6.88. The van der Waals surface area contributed by atoms with Gasteiger partial charge in [0.25, 0.3) is 0 Å². The van der Waals surface area contributed by atoms with Crippen LogP contribution in [0.5, 0.6) is 0 Å². The largest absolute Gasteiger partial charge is 0.435 e. The van der Waals surface area contributed by atoms with E-state index < -0.39 is 11.9 Å². The lowest BCUT2D eigenvalue weighted by atomic mass is 10.2. The summed E-state index contributed by atoms with van der Waals surface area (Å²) >= 11 is 0. The Kier molecular flexibility index (Phi) is 3.22. The Balaban J connectivity index is 1.80. The van der Waals surface area contributed by atoms with Gasteiger partial charge in [-0.2, -0.15) is 18.3 Å². The molecule has 20 heavy (non-hydrogen) atoms. The number of nitrogens with zero attached hydrogens (tertiary/aromatic N) is 3. The highest BCUT2D eigenvalue weighted by Gasteiger charge is 2.38. The number of alkyl halides is 3. The van der Waals surface area contributed by atoms with E-state index in [1.54, 1.807) is 4.90 Å². The van der Waals surface area contributed by atoms with Crippen molar-refractivity contribution < 1.29 is 18.0 Å². The summed E-state index contributed by atoms with van der Waals surface area (Å²) in [5.74, 6) is -0.00815. The molecule has 0 N–H and O–H groups in total. The van der Waals surface area contributed by atoms with Crippen molar-refractivity contribution in [3.05, 3.63) is 17.5 Å². The summed E-state index contributed by atoms with van der Waals surface area (Å²) in [4.78, 5) is 13.8. The van der Waals surface area contributed by atoms with E-state index in [0.29, 0.717) is 18.8 Å². The first-order valence-corrected chi connectivity index (χ1v) is 6.88. The van der Waals surface area contributed by atoms with Crippen molar-refractivity contribution in [1.82, 2.24) is 14.7 Å². The second-order valence-corrected chi connectivity index (χ2v) is 5.47. The SMILES string of the molecule is O=C(Cn1nc(C(F)(F)F)cc1C1CC1)N1CCCC1. The van der Waals surface area contributed by atoms with Crippen LogP contribution in [0.3, 0.4) is 0 Å².